The van der Waals surface area contributed by atoms with Crippen LogP contribution >= 0.6 is 0 Å². The molecular formula is C17H20O5. The lowest BCUT2D eigenvalue weighted by Crippen LogP contribution is -2.15. The lowest BCUT2D eigenvalue weighted by Gasteiger charge is -2.16. The Bertz CT molecular complexity index is 737. The average Bonchev–Trinajstić information content (AvgIpc) is 2.42. The number of carbonyl (C=O) groups excluding carboxylic acids is 1. The van der Waals surface area contributed by atoms with Gasteiger partial charge in [0.05, 0.1) is 13.5 Å². The maximum absolute atomic E-state index is 11.8. The molecule has 0 aliphatic carbocycles. The molecule has 0 saturated carbocycles. The van der Waals surface area contributed by atoms with Gasteiger partial charge in [0.1, 0.15) is 17.9 Å². The van der Waals surface area contributed by atoms with E-state index in [-0.39, 0.29) is 18.0 Å². The Labute approximate surface area is 128 Å². The molecule has 22 heavy (non-hydrogen) atoms. The number of carbonyl (C=O) groups is 1. The van der Waals surface area contributed by atoms with E-state index in [1.807, 2.05) is 20.8 Å². The van der Waals surface area contributed by atoms with Crippen LogP contribution in [-0.4, -0.2) is 13.1 Å². The Morgan fingerprint density at radius 3 is 2.59 bits per heavy atom. The summed E-state index contributed by atoms with van der Waals surface area (Å²) >= 11 is 0. The van der Waals surface area contributed by atoms with Crippen LogP contribution in [0, 0.1) is 5.41 Å². The Kier molecular flexibility index (Phi) is 4.54. The number of fused-ring (bicyclic) bond motifs is 1. The third-order valence-corrected chi connectivity index (χ3v) is 3.10. The summed E-state index contributed by atoms with van der Waals surface area (Å²) in [6.07, 6.45) is 0.320. The van der Waals surface area contributed by atoms with Gasteiger partial charge in [0, 0.05) is 23.1 Å². The molecule has 0 unspecified atom stereocenters. The minimum absolute atomic E-state index is 0.0450. The van der Waals surface area contributed by atoms with Gasteiger partial charge < -0.3 is 13.9 Å². The van der Waals surface area contributed by atoms with Crippen molar-refractivity contribution in [2.24, 2.45) is 5.41 Å². The molecule has 0 bridgehead atoms. The van der Waals surface area contributed by atoms with Crippen LogP contribution in [0.3, 0.4) is 0 Å². The van der Waals surface area contributed by atoms with Crippen LogP contribution < -0.4 is 10.4 Å². The van der Waals surface area contributed by atoms with Crippen molar-refractivity contribution in [1.82, 2.24) is 0 Å². The molecule has 0 saturated heterocycles. The molecule has 0 spiro atoms. The van der Waals surface area contributed by atoms with E-state index in [2.05, 4.69) is 0 Å². The first-order chi connectivity index (χ1) is 10.3. The van der Waals surface area contributed by atoms with Gasteiger partial charge in [-0.1, -0.05) is 20.8 Å². The first-order valence-corrected chi connectivity index (χ1v) is 7.05. The highest BCUT2D eigenvalue weighted by Gasteiger charge is 2.17. The fraction of sp³-hybridized carbons (Fsp3) is 0.412. The molecule has 0 radical (unpaired) electrons. The van der Waals surface area contributed by atoms with Crippen LogP contribution in [0.2, 0.25) is 0 Å². The minimum Gasteiger partial charge on any atom is -0.497 e. The Morgan fingerprint density at radius 1 is 1.23 bits per heavy atom. The van der Waals surface area contributed by atoms with Crippen LogP contribution in [0.1, 0.15) is 32.8 Å². The first-order valence-electron chi connectivity index (χ1n) is 7.05. The molecule has 0 amide bonds. The molecule has 0 fully saturated rings. The van der Waals surface area contributed by atoms with Gasteiger partial charge in [-0.15, -0.1) is 0 Å². The van der Waals surface area contributed by atoms with E-state index in [1.165, 1.54) is 13.2 Å². The van der Waals surface area contributed by atoms with E-state index < -0.39 is 5.63 Å². The van der Waals surface area contributed by atoms with Gasteiger partial charge in [-0.3, -0.25) is 4.79 Å². The van der Waals surface area contributed by atoms with Crippen LogP contribution in [0.5, 0.6) is 5.75 Å². The quantitative estimate of drug-likeness (QED) is 0.640. The van der Waals surface area contributed by atoms with Crippen molar-refractivity contribution >= 4 is 16.9 Å². The van der Waals surface area contributed by atoms with Gasteiger partial charge in [0.25, 0.3) is 0 Å². The summed E-state index contributed by atoms with van der Waals surface area (Å²) in [5, 5.41) is 0.726. The second-order valence-electron chi connectivity index (χ2n) is 6.35. The molecule has 0 atom stereocenters. The Balaban J connectivity index is 2.24. The van der Waals surface area contributed by atoms with Crippen LogP contribution in [0.15, 0.2) is 33.5 Å². The van der Waals surface area contributed by atoms with Gasteiger partial charge >= 0.3 is 11.6 Å². The molecule has 2 rings (SSSR count). The van der Waals surface area contributed by atoms with Crippen molar-refractivity contribution in [2.75, 3.05) is 7.11 Å². The lowest BCUT2D eigenvalue weighted by atomic mass is 9.92. The molecule has 0 aliphatic heterocycles. The molecule has 1 heterocycles. The molecule has 0 aliphatic rings. The van der Waals surface area contributed by atoms with Crippen LogP contribution in [-0.2, 0) is 16.1 Å². The molecular weight excluding hydrogens is 284 g/mol. The van der Waals surface area contributed by atoms with Crippen molar-refractivity contribution in [3.05, 3.63) is 40.2 Å². The smallest absolute Gasteiger partial charge is 0.336 e. The summed E-state index contributed by atoms with van der Waals surface area (Å²) in [6.45, 7) is 5.94. The first kappa shape index (κ1) is 16.1. The number of ether oxygens (including phenoxy) is 2. The van der Waals surface area contributed by atoms with Crippen molar-refractivity contribution < 1.29 is 18.7 Å². The summed E-state index contributed by atoms with van der Waals surface area (Å²) in [6, 6.07) is 6.53. The van der Waals surface area contributed by atoms with Crippen molar-refractivity contribution in [3.8, 4) is 5.75 Å². The molecule has 1 aromatic carbocycles. The van der Waals surface area contributed by atoms with Crippen LogP contribution in [0.4, 0.5) is 0 Å². The zero-order valence-corrected chi connectivity index (χ0v) is 13.3. The molecule has 1 aromatic heterocycles. The van der Waals surface area contributed by atoms with Crippen molar-refractivity contribution in [3.63, 3.8) is 0 Å². The van der Waals surface area contributed by atoms with E-state index in [0.29, 0.717) is 23.3 Å². The topological polar surface area (TPSA) is 65.7 Å². The monoisotopic (exact) mass is 304 g/mol. The standard InChI is InChI=1S/C17H20O5/c1-17(2,3)9-16(19)21-10-11-7-15(18)22-14-8-12(20-4)5-6-13(11)14/h5-8H,9-10H2,1-4H3. The Morgan fingerprint density at radius 2 is 1.95 bits per heavy atom. The summed E-state index contributed by atoms with van der Waals surface area (Å²) in [5.74, 6) is 0.305. The van der Waals surface area contributed by atoms with E-state index in [1.54, 1.807) is 18.2 Å². The third kappa shape index (κ3) is 4.10. The maximum atomic E-state index is 11.8. The summed E-state index contributed by atoms with van der Waals surface area (Å²) < 4.78 is 15.5. The molecule has 5 nitrogen and oxygen atoms in total. The van der Waals surface area contributed by atoms with Crippen molar-refractivity contribution in [2.45, 2.75) is 33.8 Å². The summed E-state index contributed by atoms with van der Waals surface area (Å²) in [4.78, 5) is 23.4. The molecule has 118 valence electrons. The highest BCUT2D eigenvalue weighted by molar-refractivity contribution is 5.81. The fourth-order valence-corrected chi connectivity index (χ4v) is 2.10. The highest BCUT2D eigenvalue weighted by atomic mass is 16.5. The number of esters is 1. The van der Waals surface area contributed by atoms with Gasteiger partial charge in [-0.05, 0) is 17.5 Å². The second-order valence-corrected chi connectivity index (χ2v) is 6.35. The Hall–Kier alpha value is -2.30. The number of rotatable bonds is 4. The van der Waals surface area contributed by atoms with Crippen molar-refractivity contribution in [1.29, 1.82) is 0 Å². The molecule has 2 aromatic rings. The third-order valence-electron chi connectivity index (χ3n) is 3.10. The summed E-state index contributed by atoms with van der Waals surface area (Å²) in [5.41, 5.74) is 0.412. The minimum atomic E-state index is -0.484. The number of methoxy groups -OCH3 is 1. The molecule has 0 N–H and O–H groups in total. The van der Waals surface area contributed by atoms with Crippen LogP contribution in [0.25, 0.3) is 11.0 Å². The fourth-order valence-electron chi connectivity index (χ4n) is 2.10. The van der Waals surface area contributed by atoms with Gasteiger partial charge in [-0.2, -0.15) is 0 Å². The largest absolute Gasteiger partial charge is 0.497 e. The predicted octanol–water partition coefficient (Wildman–Crippen LogP) is 3.28. The SMILES string of the molecule is COc1ccc2c(COC(=O)CC(C)(C)C)cc(=O)oc2c1. The van der Waals surface area contributed by atoms with E-state index in [4.69, 9.17) is 13.9 Å². The number of hydrogen-bond donors (Lipinski definition) is 0. The lowest BCUT2D eigenvalue weighted by molar-refractivity contribution is -0.147. The number of benzene rings is 1. The highest BCUT2D eigenvalue weighted by Crippen LogP contribution is 2.24. The van der Waals surface area contributed by atoms with E-state index in [9.17, 15) is 9.59 Å². The predicted molar refractivity (Wildman–Crippen MR) is 82.9 cm³/mol. The second kappa shape index (κ2) is 6.22. The van der Waals surface area contributed by atoms with E-state index >= 15 is 0 Å². The average molecular weight is 304 g/mol. The van der Waals surface area contributed by atoms with Gasteiger partial charge in [-0.25, -0.2) is 4.79 Å². The summed E-state index contributed by atoms with van der Waals surface area (Å²) in [7, 11) is 1.54. The zero-order chi connectivity index (χ0) is 16.3. The van der Waals surface area contributed by atoms with Gasteiger partial charge in [0.2, 0.25) is 0 Å². The zero-order valence-electron chi connectivity index (χ0n) is 13.3. The van der Waals surface area contributed by atoms with E-state index in [0.717, 1.165) is 5.39 Å². The molecule has 5 heteroatoms. The number of hydrogen-bond acceptors (Lipinski definition) is 5. The maximum Gasteiger partial charge on any atom is 0.336 e. The van der Waals surface area contributed by atoms with Gasteiger partial charge in [0.15, 0.2) is 0 Å². The normalized spacial score (nSPS) is 11.5.